The number of rotatable bonds is 3. The molecule has 2 atom stereocenters. The van der Waals surface area contributed by atoms with E-state index in [9.17, 15) is 4.39 Å². The van der Waals surface area contributed by atoms with E-state index in [1.807, 2.05) is 13.0 Å². The molecule has 3 nitrogen and oxygen atoms in total. The molecule has 0 bridgehead atoms. The summed E-state index contributed by atoms with van der Waals surface area (Å²) >= 11 is 0. The van der Waals surface area contributed by atoms with Crippen molar-refractivity contribution in [2.24, 2.45) is 11.7 Å². The lowest BCUT2D eigenvalue weighted by molar-refractivity contribution is 0.298. The molecule has 100 valence electrons. The van der Waals surface area contributed by atoms with E-state index in [1.54, 1.807) is 0 Å². The Balaban J connectivity index is 2.38. The van der Waals surface area contributed by atoms with Gasteiger partial charge in [-0.05, 0) is 44.5 Å². The Kier molecular flexibility index (Phi) is 3.88. The summed E-state index contributed by atoms with van der Waals surface area (Å²) in [5.74, 6) is 0.570. The molecule has 1 aliphatic heterocycles. The van der Waals surface area contributed by atoms with Gasteiger partial charge in [0.05, 0.1) is 7.11 Å². The number of hydrogen-bond acceptors (Lipinski definition) is 3. The van der Waals surface area contributed by atoms with Crippen molar-refractivity contribution in [1.29, 1.82) is 0 Å². The number of likely N-dealkylation sites (tertiary alicyclic amines) is 1. The first-order valence-corrected chi connectivity index (χ1v) is 6.31. The molecule has 0 aromatic heterocycles. The summed E-state index contributed by atoms with van der Waals surface area (Å²) in [5.41, 5.74) is 7.60. The largest absolute Gasteiger partial charge is 0.493 e. The smallest absolute Gasteiger partial charge is 0.165 e. The van der Waals surface area contributed by atoms with Crippen LogP contribution in [0.2, 0.25) is 0 Å². The first-order valence-electron chi connectivity index (χ1n) is 6.31. The Bertz CT molecular complexity index is 436. The molecule has 2 unspecified atom stereocenters. The molecule has 1 aromatic carbocycles. The normalized spacial score (nSPS) is 24.5. The van der Waals surface area contributed by atoms with Crippen LogP contribution in [0.1, 0.15) is 23.6 Å². The van der Waals surface area contributed by atoms with E-state index < -0.39 is 0 Å². The minimum atomic E-state index is -0.280. The number of methoxy groups -OCH3 is 1. The summed E-state index contributed by atoms with van der Waals surface area (Å²) in [5, 5.41) is 0. The number of hydrogen-bond donors (Lipinski definition) is 1. The highest BCUT2D eigenvalue weighted by Crippen LogP contribution is 2.39. The Morgan fingerprint density at radius 2 is 2.22 bits per heavy atom. The Morgan fingerprint density at radius 3 is 2.78 bits per heavy atom. The zero-order valence-corrected chi connectivity index (χ0v) is 11.2. The first-order chi connectivity index (χ1) is 8.56. The third-order valence-corrected chi connectivity index (χ3v) is 3.75. The molecule has 18 heavy (non-hydrogen) atoms. The molecular weight excluding hydrogens is 231 g/mol. The van der Waals surface area contributed by atoms with Crippen LogP contribution in [-0.2, 0) is 0 Å². The monoisotopic (exact) mass is 252 g/mol. The molecule has 0 aliphatic carbocycles. The maximum absolute atomic E-state index is 13.9. The van der Waals surface area contributed by atoms with E-state index in [-0.39, 0.29) is 11.9 Å². The Labute approximate surface area is 108 Å². The molecule has 0 spiro atoms. The van der Waals surface area contributed by atoms with Crippen molar-refractivity contribution in [3.8, 4) is 5.75 Å². The predicted molar refractivity (Wildman–Crippen MR) is 70.2 cm³/mol. The van der Waals surface area contributed by atoms with Gasteiger partial charge >= 0.3 is 0 Å². The summed E-state index contributed by atoms with van der Waals surface area (Å²) in [7, 11) is 3.58. The molecule has 1 aromatic rings. The molecule has 1 heterocycles. The zero-order valence-electron chi connectivity index (χ0n) is 11.2. The number of halogens is 1. The quantitative estimate of drug-likeness (QED) is 0.895. The fourth-order valence-corrected chi connectivity index (χ4v) is 2.86. The second-order valence-electron chi connectivity index (χ2n) is 5.16. The van der Waals surface area contributed by atoms with Gasteiger partial charge in [-0.25, -0.2) is 4.39 Å². The highest BCUT2D eigenvalue weighted by molar-refractivity contribution is 5.41. The lowest BCUT2D eigenvalue weighted by Gasteiger charge is -2.22. The molecule has 1 saturated heterocycles. The van der Waals surface area contributed by atoms with Crippen molar-refractivity contribution in [2.75, 3.05) is 27.2 Å². The van der Waals surface area contributed by atoms with Crippen LogP contribution in [0, 0.1) is 18.7 Å². The lowest BCUT2D eigenvalue weighted by Crippen LogP contribution is -2.21. The summed E-state index contributed by atoms with van der Waals surface area (Å²) < 4.78 is 19.1. The van der Waals surface area contributed by atoms with Gasteiger partial charge in [0.25, 0.3) is 0 Å². The number of nitrogens with zero attached hydrogens (tertiary/aromatic N) is 1. The number of nitrogens with two attached hydrogens (primary N) is 1. The molecule has 0 radical (unpaired) electrons. The minimum absolute atomic E-state index is 0.197. The van der Waals surface area contributed by atoms with Gasteiger partial charge in [-0.1, -0.05) is 6.07 Å². The van der Waals surface area contributed by atoms with Crippen LogP contribution in [-0.4, -0.2) is 32.1 Å². The third-order valence-electron chi connectivity index (χ3n) is 3.75. The van der Waals surface area contributed by atoms with Crippen LogP contribution in [0.5, 0.6) is 5.75 Å². The van der Waals surface area contributed by atoms with Gasteiger partial charge in [0.2, 0.25) is 0 Å². The molecule has 0 amide bonds. The van der Waals surface area contributed by atoms with E-state index in [0.29, 0.717) is 18.2 Å². The number of aryl methyl sites for hydroxylation is 1. The fourth-order valence-electron chi connectivity index (χ4n) is 2.86. The third kappa shape index (κ3) is 2.35. The average Bonchev–Trinajstić information content (AvgIpc) is 2.69. The highest BCUT2D eigenvalue weighted by Gasteiger charge is 2.32. The van der Waals surface area contributed by atoms with Gasteiger partial charge in [-0.15, -0.1) is 0 Å². The highest BCUT2D eigenvalue weighted by atomic mass is 19.1. The van der Waals surface area contributed by atoms with E-state index in [4.69, 9.17) is 10.5 Å². The second kappa shape index (κ2) is 5.24. The molecule has 4 heteroatoms. The van der Waals surface area contributed by atoms with Gasteiger partial charge in [-0.3, -0.25) is 4.90 Å². The first kappa shape index (κ1) is 13.3. The van der Waals surface area contributed by atoms with Crippen molar-refractivity contribution in [3.63, 3.8) is 0 Å². The summed E-state index contributed by atoms with van der Waals surface area (Å²) in [6.45, 7) is 3.54. The van der Waals surface area contributed by atoms with Gasteiger partial charge in [0.15, 0.2) is 11.6 Å². The van der Waals surface area contributed by atoms with Crippen molar-refractivity contribution in [3.05, 3.63) is 29.1 Å². The molecular formula is C14H21FN2O. The van der Waals surface area contributed by atoms with Crippen LogP contribution in [0.3, 0.4) is 0 Å². The van der Waals surface area contributed by atoms with Crippen molar-refractivity contribution >= 4 is 0 Å². The maximum atomic E-state index is 13.9. The van der Waals surface area contributed by atoms with Crippen molar-refractivity contribution < 1.29 is 9.13 Å². The minimum Gasteiger partial charge on any atom is -0.493 e. The van der Waals surface area contributed by atoms with E-state index >= 15 is 0 Å². The van der Waals surface area contributed by atoms with Crippen LogP contribution in [0.15, 0.2) is 12.1 Å². The summed E-state index contributed by atoms with van der Waals surface area (Å²) in [6.07, 6.45) is 0.965. The van der Waals surface area contributed by atoms with Crippen molar-refractivity contribution in [2.45, 2.75) is 19.4 Å². The topological polar surface area (TPSA) is 38.5 Å². The number of benzene rings is 1. The van der Waals surface area contributed by atoms with E-state index in [0.717, 1.165) is 24.1 Å². The molecule has 2 N–H and O–H groups in total. The van der Waals surface area contributed by atoms with Crippen LogP contribution in [0.4, 0.5) is 4.39 Å². The van der Waals surface area contributed by atoms with Gasteiger partial charge < -0.3 is 10.5 Å². The Hall–Kier alpha value is -1.13. The van der Waals surface area contributed by atoms with Crippen LogP contribution < -0.4 is 10.5 Å². The predicted octanol–water partition coefficient (Wildman–Crippen LogP) is 2.09. The lowest BCUT2D eigenvalue weighted by atomic mass is 9.97. The van der Waals surface area contributed by atoms with Crippen LogP contribution >= 0.6 is 0 Å². The standard InChI is InChI=1S/C14H21FN2O/c1-9-4-11(14(18-3)12(15)5-9)13-6-10(7-16)8-17(13)2/h4-5,10,13H,6-8,16H2,1-3H3. The van der Waals surface area contributed by atoms with Crippen LogP contribution in [0.25, 0.3) is 0 Å². The molecule has 2 rings (SSSR count). The zero-order chi connectivity index (χ0) is 13.3. The second-order valence-corrected chi connectivity index (χ2v) is 5.16. The Morgan fingerprint density at radius 1 is 1.50 bits per heavy atom. The SMILES string of the molecule is COc1c(F)cc(C)cc1C1CC(CN)CN1C. The fraction of sp³-hybridized carbons (Fsp3) is 0.571. The van der Waals surface area contributed by atoms with Gasteiger partial charge in [-0.2, -0.15) is 0 Å². The number of ether oxygens (including phenoxy) is 1. The molecule has 0 saturated carbocycles. The van der Waals surface area contributed by atoms with Crippen molar-refractivity contribution in [1.82, 2.24) is 4.90 Å². The van der Waals surface area contributed by atoms with Gasteiger partial charge in [0.1, 0.15) is 0 Å². The summed E-state index contributed by atoms with van der Waals surface area (Å²) in [6, 6.07) is 3.72. The van der Waals surface area contributed by atoms with E-state index in [1.165, 1.54) is 13.2 Å². The average molecular weight is 252 g/mol. The maximum Gasteiger partial charge on any atom is 0.165 e. The molecule has 1 aliphatic rings. The summed E-state index contributed by atoms with van der Waals surface area (Å²) in [4.78, 5) is 2.23. The molecule has 1 fully saturated rings. The van der Waals surface area contributed by atoms with Gasteiger partial charge in [0, 0.05) is 18.2 Å². The van der Waals surface area contributed by atoms with E-state index in [2.05, 4.69) is 11.9 Å².